The van der Waals surface area contributed by atoms with Crippen LogP contribution in [0.4, 0.5) is 0 Å². The lowest BCUT2D eigenvalue weighted by molar-refractivity contribution is 0.0734. The average Bonchev–Trinajstić information content (AvgIpc) is 2.67. The highest BCUT2D eigenvalue weighted by Gasteiger charge is 2.24. The summed E-state index contributed by atoms with van der Waals surface area (Å²) in [4.78, 5) is 22.7. The molecule has 25 heavy (non-hydrogen) atoms. The van der Waals surface area contributed by atoms with E-state index in [1.54, 1.807) is 49.5 Å². The summed E-state index contributed by atoms with van der Waals surface area (Å²) >= 11 is 0. The summed E-state index contributed by atoms with van der Waals surface area (Å²) in [6, 6.07) is 6.84. The molecule has 0 fully saturated rings. The number of amides is 1. The van der Waals surface area contributed by atoms with Gasteiger partial charge in [-0.3, -0.25) is 4.79 Å². The SMILES string of the molecule is COc1cccc(C(=O)N(C)[C@H](C)c2ccncn2)c1OCCCN. The normalized spacial score (nSPS) is 11.7. The first-order valence-electron chi connectivity index (χ1n) is 8.13. The number of para-hydroxylation sites is 1. The molecule has 0 aliphatic carbocycles. The van der Waals surface area contributed by atoms with Crippen molar-refractivity contribution in [3.8, 4) is 11.5 Å². The van der Waals surface area contributed by atoms with E-state index in [2.05, 4.69) is 9.97 Å². The minimum atomic E-state index is -0.210. The van der Waals surface area contributed by atoms with Crippen LogP contribution in [0.15, 0.2) is 36.8 Å². The summed E-state index contributed by atoms with van der Waals surface area (Å²) in [5.41, 5.74) is 6.72. The Kier molecular flexibility index (Phi) is 6.71. The van der Waals surface area contributed by atoms with E-state index in [0.29, 0.717) is 36.6 Å². The molecule has 1 amide bonds. The number of nitrogens with two attached hydrogens (primary N) is 1. The molecule has 0 bridgehead atoms. The van der Waals surface area contributed by atoms with Crippen LogP contribution in [0.2, 0.25) is 0 Å². The summed E-state index contributed by atoms with van der Waals surface area (Å²) in [5.74, 6) is 0.781. The van der Waals surface area contributed by atoms with Crippen LogP contribution < -0.4 is 15.2 Å². The Hall–Kier alpha value is -2.67. The second-order valence-corrected chi connectivity index (χ2v) is 5.55. The largest absolute Gasteiger partial charge is 0.493 e. The molecule has 0 aliphatic rings. The Morgan fingerprint density at radius 2 is 2.16 bits per heavy atom. The van der Waals surface area contributed by atoms with Crippen molar-refractivity contribution in [3.63, 3.8) is 0 Å². The van der Waals surface area contributed by atoms with Crippen LogP contribution in [-0.2, 0) is 0 Å². The summed E-state index contributed by atoms with van der Waals surface area (Å²) < 4.78 is 11.1. The van der Waals surface area contributed by atoms with Crippen molar-refractivity contribution in [1.82, 2.24) is 14.9 Å². The zero-order valence-electron chi connectivity index (χ0n) is 14.8. The molecule has 2 rings (SSSR count). The van der Waals surface area contributed by atoms with Gasteiger partial charge in [0.2, 0.25) is 0 Å². The molecule has 7 nitrogen and oxygen atoms in total. The summed E-state index contributed by atoms with van der Waals surface area (Å²) in [7, 11) is 3.28. The molecule has 0 radical (unpaired) electrons. The van der Waals surface area contributed by atoms with Crippen LogP contribution in [0.1, 0.15) is 35.4 Å². The number of carbonyl (C=O) groups excluding carboxylic acids is 1. The van der Waals surface area contributed by atoms with Crippen molar-refractivity contribution in [2.75, 3.05) is 27.3 Å². The molecule has 0 unspecified atom stereocenters. The number of methoxy groups -OCH3 is 1. The van der Waals surface area contributed by atoms with Crippen molar-refractivity contribution < 1.29 is 14.3 Å². The molecular formula is C18H24N4O3. The van der Waals surface area contributed by atoms with Crippen LogP contribution in [-0.4, -0.2) is 48.1 Å². The number of aromatic nitrogens is 2. The topological polar surface area (TPSA) is 90.6 Å². The van der Waals surface area contributed by atoms with E-state index in [9.17, 15) is 4.79 Å². The summed E-state index contributed by atoms with van der Waals surface area (Å²) in [5, 5.41) is 0. The number of hydrogen-bond donors (Lipinski definition) is 1. The quantitative estimate of drug-likeness (QED) is 0.737. The van der Waals surface area contributed by atoms with E-state index < -0.39 is 0 Å². The second kappa shape index (κ2) is 8.98. The third-order valence-electron chi connectivity index (χ3n) is 3.96. The number of carbonyl (C=O) groups is 1. The fraction of sp³-hybridized carbons (Fsp3) is 0.389. The lowest BCUT2D eigenvalue weighted by atomic mass is 10.1. The zero-order valence-corrected chi connectivity index (χ0v) is 14.8. The van der Waals surface area contributed by atoms with Gasteiger partial charge in [-0.05, 0) is 38.1 Å². The van der Waals surface area contributed by atoms with Gasteiger partial charge in [-0.25, -0.2) is 9.97 Å². The molecule has 1 aromatic heterocycles. The predicted octanol–water partition coefficient (Wildman–Crippen LogP) is 2.05. The van der Waals surface area contributed by atoms with E-state index in [1.807, 2.05) is 6.92 Å². The third-order valence-corrected chi connectivity index (χ3v) is 3.96. The van der Waals surface area contributed by atoms with Crippen molar-refractivity contribution in [1.29, 1.82) is 0 Å². The molecule has 1 atom stereocenters. The number of hydrogen-bond acceptors (Lipinski definition) is 6. The van der Waals surface area contributed by atoms with Crippen molar-refractivity contribution in [2.24, 2.45) is 5.73 Å². The van der Waals surface area contributed by atoms with Crippen LogP contribution in [0.3, 0.4) is 0 Å². The first-order valence-corrected chi connectivity index (χ1v) is 8.13. The Labute approximate surface area is 147 Å². The fourth-order valence-corrected chi connectivity index (χ4v) is 2.36. The van der Waals surface area contributed by atoms with E-state index in [1.165, 1.54) is 6.33 Å². The van der Waals surface area contributed by atoms with Gasteiger partial charge in [-0.15, -0.1) is 0 Å². The number of nitrogens with zero attached hydrogens (tertiary/aromatic N) is 3. The zero-order chi connectivity index (χ0) is 18.2. The van der Waals surface area contributed by atoms with Crippen molar-refractivity contribution in [2.45, 2.75) is 19.4 Å². The highest BCUT2D eigenvalue weighted by atomic mass is 16.5. The Balaban J connectivity index is 2.28. The van der Waals surface area contributed by atoms with Crippen LogP contribution in [0, 0.1) is 0 Å². The molecule has 2 aromatic rings. The first kappa shape index (κ1) is 18.7. The van der Waals surface area contributed by atoms with Gasteiger partial charge in [-0.1, -0.05) is 6.07 Å². The standard InChI is InChI=1S/C18H24N4O3/c1-13(15-8-10-20-12-21-15)22(2)18(23)14-6-4-7-16(24-3)17(14)25-11-5-9-19/h4,6-8,10,12-13H,5,9,11,19H2,1-3H3/t13-/m1/s1. The highest BCUT2D eigenvalue weighted by molar-refractivity contribution is 5.97. The van der Waals surface area contributed by atoms with Crippen LogP contribution in [0.25, 0.3) is 0 Å². The van der Waals surface area contributed by atoms with Crippen molar-refractivity contribution >= 4 is 5.91 Å². The third kappa shape index (κ3) is 4.45. The van der Waals surface area contributed by atoms with E-state index in [-0.39, 0.29) is 11.9 Å². The number of benzene rings is 1. The molecule has 7 heteroatoms. The maximum atomic E-state index is 13.0. The summed E-state index contributed by atoms with van der Waals surface area (Å²) in [6.07, 6.45) is 3.82. The first-order chi connectivity index (χ1) is 12.1. The Morgan fingerprint density at radius 1 is 1.36 bits per heavy atom. The molecule has 0 spiro atoms. The lowest BCUT2D eigenvalue weighted by Gasteiger charge is -2.25. The van der Waals surface area contributed by atoms with Gasteiger partial charge in [0.25, 0.3) is 5.91 Å². The Bertz CT molecular complexity index is 694. The highest BCUT2D eigenvalue weighted by Crippen LogP contribution is 2.33. The fourth-order valence-electron chi connectivity index (χ4n) is 2.36. The predicted molar refractivity (Wildman–Crippen MR) is 94.7 cm³/mol. The second-order valence-electron chi connectivity index (χ2n) is 5.55. The van der Waals surface area contributed by atoms with Gasteiger partial charge in [0.15, 0.2) is 11.5 Å². The van der Waals surface area contributed by atoms with Gasteiger partial charge in [-0.2, -0.15) is 0 Å². The van der Waals surface area contributed by atoms with Crippen LogP contribution in [0.5, 0.6) is 11.5 Å². The molecular weight excluding hydrogens is 320 g/mol. The molecule has 0 saturated carbocycles. The maximum Gasteiger partial charge on any atom is 0.258 e. The number of rotatable bonds is 8. The van der Waals surface area contributed by atoms with E-state index >= 15 is 0 Å². The lowest BCUT2D eigenvalue weighted by Crippen LogP contribution is -2.30. The van der Waals surface area contributed by atoms with Gasteiger partial charge >= 0.3 is 0 Å². The van der Waals surface area contributed by atoms with Gasteiger partial charge in [0.1, 0.15) is 6.33 Å². The maximum absolute atomic E-state index is 13.0. The van der Waals surface area contributed by atoms with E-state index in [4.69, 9.17) is 15.2 Å². The van der Waals surface area contributed by atoms with Gasteiger partial charge < -0.3 is 20.1 Å². The monoisotopic (exact) mass is 344 g/mol. The van der Waals surface area contributed by atoms with Crippen LogP contribution >= 0.6 is 0 Å². The molecule has 134 valence electrons. The van der Waals surface area contributed by atoms with Crippen molar-refractivity contribution in [3.05, 3.63) is 48.0 Å². The Morgan fingerprint density at radius 3 is 2.80 bits per heavy atom. The number of ether oxygens (including phenoxy) is 2. The van der Waals surface area contributed by atoms with E-state index in [0.717, 1.165) is 5.69 Å². The molecule has 1 aromatic carbocycles. The summed E-state index contributed by atoms with van der Waals surface area (Å²) in [6.45, 7) is 2.85. The van der Waals surface area contributed by atoms with Gasteiger partial charge in [0, 0.05) is 13.2 Å². The minimum absolute atomic E-state index is 0.173. The molecule has 0 aliphatic heterocycles. The average molecular weight is 344 g/mol. The smallest absolute Gasteiger partial charge is 0.258 e. The minimum Gasteiger partial charge on any atom is -0.493 e. The molecule has 2 N–H and O–H groups in total. The molecule has 1 heterocycles. The molecule has 0 saturated heterocycles. The van der Waals surface area contributed by atoms with Gasteiger partial charge in [0.05, 0.1) is 31.0 Å².